The van der Waals surface area contributed by atoms with Crippen LogP contribution in [0.1, 0.15) is 6.92 Å². The van der Waals surface area contributed by atoms with Crippen LogP contribution >= 0.6 is 0 Å². The van der Waals surface area contributed by atoms with Gasteiger partial charge in [-0.15, -0.1) is 0 Å². The monoisotopic (exact) mass is 107 g/mol. The molecular formula is C4H7F2N. The summed E-state index contributed by atoms with van der Waals surface area (Å²) in [6.07, 6.45) is -2.38. The third-order valence-electron chi connectivity index (χ3n) is 0.669. The highest BCUT2D eigenvalue weighted by molar-refractivity contribution is 5.84. The SMILES string of the molecule is CN=C(C)C(F)F. The molecule has 0 amide bonds. The Labute approximate surface area is 41.1 Å². The van der Waals surface area contributed by atoms with Crippen molar-refractivity contribution in [3.8, 4) is 0 Å². The molecular weight excluding hydrogens is 100 g/mol. The molecule has 0 aromatic carbocycles. The smallest absolute Gasteiger partial charge is 0.275 e. The zero-order valence-electron chi connectivity index (χ0n) is 4.28. The minimum Gasteiger partial charge on any atom is -0.292 e. The van der Waals surface area contributed by atoms with Gasteiger partial charge >= 0.3 is 0 Å². The van der Waals surface area contributed by atoms with Crippen molar-refractivity contribution in [2.75, 3.05) is 7.05 Å². The van der Waals surface area contributed by atoms with Gasteiger partial charge in [-0.25, -0.2) is 8.78 Å². The molecule has 0 aromatic rings. The van der Waals surface area contributed by atoms with Gasteiger partial charge in [-0.1, -0.05) is 0 Å². The van der Waals surface area contributed by atoms with Crippen LogP contribution in [0.5, 0.6) is 0 Å². The number of aliphatic imine (C=N–C) groups is 1. The van der Waals surface area contributed by atoms with Gasteiger partial charge in [-0.05, 0) is 6.92 Å². The molecule has 0 spiro atoms. The molecule has 3 heteroatoms. The average molecular weight is 107 g/mol. The maximum Gasteiger partial charge on any atom is 0.275 e. The van der Waals surface area contributed by atoms with Crippen molar-refractivity contribution in [1.82, 2.24) is 0 Å². The second-order valence-electron chi connectivity index (χ2n) is 1.17. The van der Waals surface area contributed by atoms with E-state index in [1.165, 1.54) is 14.0 Å². The van der Waals surface area contributed by atoms with E-state index in [0.717, 1.165) is 0 Å². The van der Waals surface area contributed by atoms with Gasteiger partial charge in [0, 0.05) is 7.05 Å². The molecule has 7 heavy (non-hydrogen) atoms. The summed E-state index contributed by atoms with van der Waals surface area (Å²) in [5, 5.41) is 0. The largest absolute Gasteiger partial charge is 0.292 e. The fraction of sp³-hybridized carbons (Fsp3) is 0.750. The Bertz CT molecular complexity index is 77.8. The number of rotatable bonds is 1. The Morgan fingerprint density at radius 1 is 1.57 bits per heavy atom. The molecule has 0 rings (SSSR count). The summed E-state index contributed by atoms with van der Waals surface area (Å²) in [4.78, 5) is 3.25. The minimum absolute atomic E-state index is 0.111. The number of hydrogen-bond donors (Lipinski definition) is 0. The highest BCUT2D eigenvalue weighted by Crippen LogP contribution is 1.93. The zero-order valence-corrected chi connectivity index (χ0v) is 4.28. The first-order chi connectivity index (χ1) is 3.18. The highest BCUT2D eigenvalue weighted by atomic mass is 19.3. The third-order valence-corrected chi connectivity index (χ3v) is 0.669. The van der Waals surface area contributed by atoms with E-state index in [1.807, 2.05) is 0 Å². The van der Waals surface area contributed by atoms with E-state index in [9.17, 15) is 8.78 Å². The maximum atomic E-state index is 11.3. The van der Waals surface area contributed by atoms with E-state index in [0.29, 0.717) is 0 Å². The van der Waals surface area contributed by atoms with E-state index >= 15 is 0 Å². The standard InChI is InChI=1S/C4H7F2N/c1-3(7-2)4(5)6/h4H,1-2H3. The molecule has 0 saturated carbocycles. The Morgan fingerprint density at radius 3 is 2.00 bits per heavy atom. The second kappa shape index (κ2) is 2.66. The average Bonchev–Trinajstić information content (AvgIpc) is 1.65. The minimum atomic E-state index is -2.38. The Hall–Kier alpha value is -0.470. The molecule has 0 heterocycles. The van der Waals surface area contributed by atoms with E-state index in [2.05, 4.69) is 4.99 Å². The number of hydrogen-bond acceptors (Lipinski definition) is 1. The van der Waals surface area contributed by atoms with E-state index < -0.39 is 6.43 Å². The quantitative estimate of drug-likeness (QED) is 0.448. The van der Waals surface area contributed by atoms with Crippen LogP contribution in [0, 0.1) is 0 Å². The molecule has 0 aliphatic carbocycles. The Kier molecular flexibility index (Phi) is 2.48. The first-order valence-electron chi connectivity index (χ1n) is 1.90. The second-order valence-corrected chi connectivity index (χ2v) is 1.17. The van der Waals surface area contributed by atoms with Gasteiger partial charge < -0.3 is 0 Å². The molecule has 0 aliphatic heterocycles. The lowest BCUT2D eigenvalue weighted by Gasteiger charge is -1.90. The lowest BCUT2D eigenvalue weighted by Crippen LogP contribution is -2.03. The van der Waals surface area contributed by atoms with Gasteiger partial charge in [0.05, 0.1) is 5.71 Å². The van der Waals surface area contributed by atoms with Crippen molar-refractivity contribution >= 4 is 5.71 Å². The topological polar surface area (TPSA) is 12.4 Å². The summed E-state index contributed by atoms with van der Waals surface area (Å²) in [6.45, 7) is 1.30. The van der Waals surface area contributed by atoms with Crippen LogP contribution in [-0.2, 0) is 0 Å². The maximum absolute atomic E-state index is 11.3. The molecule has 0 N–H and O–H groups in total. The predicted molar refractivity (Wildman–Crippen MR) is 25.0 cm³/mol. The van der Waals surface area contributed by atoms with Gasteiger partial charge in [0.2, 0.25) is 0 Å². The fourth-order valence-corrected chi connectivity index (χ4v) is 0.0976. The predicted octanol–water partition coefficient (Wildman–Crippen LogP) is 1.34. The van der Waals surface area contributed by atoms with Crippen molar-refractivity contribution in [2.24, 2.45) is 4.99 Å². The molecule has 1 nitrogen and oxygen atoms in total. The molecule has 0 fully saturated rings. The molecule has 0 atom stereocenters. The summed E-state index contributed by atoms with van der Waals surface area (Å²) >= 11 is 0. The molecule has 0 unspecified atom stereocenters. The van der Waals surface area contributed by atoms with Crippen molar-refractivity contribution in [2.45, 2.75) is 13.3 Å². The van der Waals surface area contributed by atoms with E-state index in [-0.39, 0.29) is 5.71 Å². The molecule has 0 bridgehead atoms. The molecule has 0 aliphatic rings. The Morgan fingerprint density at radius 2 is 2.00 bits per heavy atom. The summed E-state index contributed by atoms with van der Waals surface area (Å²) in [5.74, 6) is 0. The summed E-state index contributed by atoms with van der Waals surface area (Å²) in [7, 11) is 1.35. The first kappa shape index (κ1) is 6.53. The summed E-state index contributed by atoms with van der Waals surface area (Å²) in [6, 6.07) is 0. The fourth-order valence-electron chi connectivity index (χ4n) is 0.0976. The van der Waals surface area contributed by atoms with Crippen molar-refractivity contribution in [3.05, 3.63) is 0 Å². The van der Waals surface area contributed by atoms with Crippen LogP contribution in [0.2, 0.25) is 0 Å². The van der Waals surface area contributed by atoms with Gasteiger partial charge in [-0.3, -0.25) is 4.99 Å². The Balaban J connectivity index is 3.56. The van der Waals surface area contributed by atoms with Crippen LogP contribution in [0.15, 0.2) is 4.99 Å². The van der Waals surface area contributed by atoms with Crippen molar-refractivity contribution in [3.63, 3.8) is 0 Å². The van der Waals surface area contributed by atoms with Crippen LogP contribution in [-0.4, -0.2) is 19.2 Å². The number of halogens is 2. The van der Waals surface area contributed by atoms with Crippen molar-refractivity contribution < 1.29 is 8.78 Å². The lowest BCUT2D eigenvalue weighted by atomic mass is 10.4. The van der Waals surface area contributed by atoms with Gasteiger partial charge in [0.1, 0.15) is 0 Å². The van der Waals surface area contributed by atoms with Crippen LogP contribution in [0.25, 0.3) is 0 Å². The molecule has 0 aromatic heterocycles. The summed E-state index contributed by atoms with van der Waals surface area (Å²) < 4.78 is 22.6. The van der Waals surface area contributed by atoms with E-state index in [1.54, 1.807) is 0 Å². The molecule has 0 saturated heterocycles. The van der Waals surface area contributed by atoms with Crippen LogP contribution in [0.4, 0.5) is 8.78 Å². The van der Waals surface area contributed by atoms with Crippen LogP contribution < -0.4 is 0 Å². The van der Waals surface area contributed by atoms with Crippen LogP contribution in [0.3, 0.4) is 0 Å². The highest BCUT2D eigenvalue weighted by Gasteiger charge is 2.02. The number of nitrogens with zero attached hydrogens (tertiary/aromatic N) is 1. The summed E-state index contributed by atoms with van der Waals surface area (Å²) in [5.41, 5.74) is -0.111. The third kappa shape index (κ3) is 2.25. The normalized spacial score (nSPS) is 13.0. The molecule has 42 valence electrons. The molecule has 0 radical (unpaired) electrons. The van der Waals surface area contributed by atoms with Crippen molar-refractivity contribution in [1.29, 1.82) is 0 Å². The van der Waals surface area contributed by atoms with Gasteiger partial charge in [0.25, 0.3) is 6.43 Å². The zero-order chi connectivity index (χ0) is 5.86. The van der Waals surface area contributed by atoms with E-state index in [4.69, 9.17) is 0 Å². The van der Waals surface area contributed by atoms with Gasteiger partial charge in [0.15, 0.2) is 0 Å². The number of alkyl halides is 2. The van der Waals surface area contributed by atoms with Gasteiger partial charge in [-0.2, -0.15) is 0 Å². The lowest BCUT2D eigenvalue weighted by molar-refractivity contribution is 0.225. The first-order valence-corrected chi connectivity index (χ1v) is 1.90.